The van der Waals surface area contributed by atoms with Crippen molar-refractivity contribution in [3.05, 3.63) is 77.0 Å². The van der Waals surface area contributed by atoms with Gasteiger partial charge in [0.05, 0.1) is 11.1 Å². The van der Waals surface area contributed by atoms with Gasteiger partial charge in [-0.25, -0.2) is 0 Å². The van der Waals surface area contributed by atoms with Gasteiger partial charge in [-0.3, -0.25) is 4.79 Å². The number of fused-ring (bicyclic) bond motifs is 1. The van der Waals surface area contributed by atoms with Crippen LogP contribution in [0.15, 0.2) is 66.0 Å². The van der Waals surface area contributed by atoms with Crippen LogP contribution in [0, 0.1) is 0 Å². The van der Waals surface area contributed by atoms with Crippen molar-refractivity contribution >= 4 is 28.1 Å². The lowest BCUT2D eigenvalue weighted by Crippen LogP contribution is -2.19. The monoisotopic (exact) mass is 291 g/mol. The summed E-state index contributed by atoms with van der Waals surface area (Å²) >= 11 is 0. The summed E-state index contributed by atoms with van der Waals surface area (Å²) in [4.78, 5) is 12.7. The molecule has 0 unspecified atom stereocenters. The fraction of sp³-hybridized carbons (Fsp3) is 0.0556. The number of aryl methyl sites for hydroxylation is 1. The number of para-hydroxylation sites is 2. The van der Waals surface area contributed by atoms with Crippen LogP contribution in [0.3, 0.4) is 0 Å². The van der Waals surface area contributed by atoms with Crippen molar-refractivity contribution in [2.45, 2.75) is 0 Å². The first-order chi connectivity index (χ1) is 10.6. The Bertz CT molecular complexity index is 911. The Kier molecular flexibility index (Phi) is 3.43. The topological polar surface area (TPSA) is 60.0 Å². The molecule has 0 radical (unpaired) electrons. The van der Waals surface area contributed by atoms with Crippen molar-refractivity contribution in [3.8, 4) is 0 Å². The van der Waals surface area contributed by atoms with E-state index in [2.05, 4.69) is 11.9 Å². The fourth-order valence-electron chi connectivity index (χ4n) is 2.56. The van der Waals surface area contributed by atoms with Crippen LogP contribution in [-0.4, -0.2) is 4.57 Å². The second-order valence-electron chi connectivity index (χ2n) is 5.14. The number of benzene rings is 2. The molecule has 22 heavy (non-hydrogen) atoms. The van der Waals surface area contributed by atoms with Crippen LogP contribution in [0.25, 0.3) is 16.6 Å². The van der Waals surface area contributed by atoms with E-state index in [-0.39, 0.29) is 5.43 Å². The van der Waals surface area contributed by atoms with Gasteiger partial charge in [0.2, 0.25) is 5.43 Å². The Morgan fingerprint density at radius 1 is 1.09 bits per heavy atom. The smallest absolute Gasteiger partial charge is 0.200 e. The average Bonchev–Trinajstić information content (AvgIpc) is 2.54. The highest BCUT2D eigenvalue weighted by molar-refractivity contribution is 5.89. The molecule has 0 fully saturated rings. The van der Waals surface area contributed by atoms with Crippen molar-refractivity contribution in [2.75, 3.05) is 11.1 Å². The van der Waals surface area contributed by atoms with Gasteiger partial charge in [0.1, 0.15) is 5.82 Å². The minimum absolute atomic E-state index is 0.111. The summed E-state index contributed by atoms with van der Waals surface area (Å²) in [5, 5.41) is 3.77. The Balaban J connectivity index is 2.15. The van der Waals surface area contributed by atoms with E-state index in [1.165, 1.54) is 0 Å². The largest absolute Gasteiger partial charge is 0.384 e. The highest BCUT2D eigenvalue weighted by Crippen LogP contribution is 2.23. The zero-order valence-corrected chi connectivity index (χ0v) is 12.3. The van der Waals surface area contributed by atoms with Crippen LogP contribution in [0.2, 0.25) is 0 Å². The molecule has 4 heteroatoms. The van der Waals surface area contributed by atoms with E-state index in [9.17, 15) is 4.79 Å². The molecule has 1 heterocycles. The maximum Gasteiger partial charge on any atom is 0.200 e. The molecule has 0 amide bonds. The molecule has 3 aromatic rings. The molecule has 0 aliphatic heterocycles. The van der Waals surface area contributed by atoms with E-state index in [0.717, 1.165) is 11.2 Å². The molecule has 0 atom stereocenters. The minimum Gasteiger partial charge on any atom is -0.384 e. The maximum atomic E-state index is 12.7. The molecule has 0 spiro atoms. The molecule has 0 aliphatic carbocycles. The van der Waals surface area contributed by atoms with Gasteiger partial charge in [-0.05, 0) is 24.3 Å². The number of hydrogen-bond donors (Lipinski definition) is 2. The third kappa shape index (κ3) is 2.24. The van der Waals surface area contributed by atoms with Gasteiger partial charge in [-0.1, -0.05) is 36.9 Å². The van der Waals surface area contributed by atoms with E-state index < -0.39 is 0 Å². The van der Waals surface area contributed by atoms with Crippen LogP contribution in [0.4, 0.5) is 11.5 Å². The van der Waals surface area contributed by atoms with Gasteiger partial charge in [0, 0.05) is 23.8 Å². The number of aromatic nitrogens is 1. The van der Waals surface area contributed by atoms with Crippen LogP contribution in [-0.2, 0) is 7.05 Å². The van der Waals surface area contributed by atoms with Crippen molar-refractivity contribution in [1.82, 2.24) is 4.57 Å². The van der Waals surface area contributed by atoms with E-state index in [0.29, 0.717) is 22.5 Å². The summed E-state index contributed by atoms with van der Waals surface area (Å²) < 4.78 is 1.81. The highest BCUT2D eigenvalue weighted by atomic mass is 16.1. The number of rotatable bonds is 3. The van der Waals surface area contributed by atoms with Crippen molar-refractivity contribution < 1.29 is 0 Å². The standard InChI is InChI=1S/C18H17N3O/c1-12(20-13-8-4-3-5-9-13)16-17(22)14-10-6-7-11-15(14)21(2)18(16)19/h3-11,20H,1,19H2,2H3. The summed E-state index contributed by atoms with van der Waals surface area (Å²) in [5.74, 6) is 0.400. The number of anilines is 2. The van der Waals surface area contributed by atoms with Gasteiger partial charge in [-0.15, -0.1) is 0 Å². The molecular weight excluding hydrogens is 274 g/mol. The Labute approximate surface area is 128 Å². The molecule has 0 aliphatic rings. The van der Waals surface area contributed by atoms with E-state index in [1.54, 1.807) is 6.07 Å². The number of nitrogens with one attached hydrogen (secondary N) is 1. The summed E-state index contributed by atoms with van der Waals surface area (Å²) in [6.45, 7) is 3.99. The lowest BCUT2D eigenvalue weighted by Gasteiger charge is -2.16. The summed E-state index contributed by atoms with van der Waals surface area (Å²) in [6, 6.07) is 17.0. The molecule has 1 aromatic heterocycles. The van der Waals surface area contributed by atoms with Crippen molar-refractivity contribution in [3.63, 3.8) is 0 Å². The molecule has 3 N–H and O–H groups in total. The minimum atomic E-state index is -0.111. The predicted molar refractivity (Wildman–Crippen MR) is 92.7 cm³/mol. The number of nitrogens with two attached hydrogens (primary N) is 1. The summed E-state index contributed by atoms with van der Waals surface area (Å²) in [6.07, 6.45) is 0. The van der Waals surface area contributed by atoms with E-state index in [1.807, 2.05) is 60.1 Å². The maximum absolute atomic E-state index is 12.7. The summed E-state index contributed by atoms with van der Waals surface area (Å²) in [5.41, 5.74) is 8.63. The van der Waals surface area contributed by atoms with Crippen molar-refractivity contribution in [1.29, 1.82) is 0 Å². The highest BCUT2D eigenvalue weighted by Gasteiger charge is 2.15. The zero-order chi connectivity index (χ0) is 15.7. The fourth-order valence-corrected chi connectivity index (χ4v) is 2.56. The molecule has 0 saturated heterocycles. The van der Waals surface area contributed by atoms with Gasteiger partial charge < -0.3 is 15.6 Å². The van der Waals surface area contributed by atoms with Gasteiger partial charge in [0.25, 0.3) is 0 Å². The third-order valence-corrected chi connectivity index (χ3v) is 3.73. The number of nitrogens with zero attached hydrogens (tertiary/aromatic N) is 1. The predicted octanol–water partition coefficient (Wildman–Crippen LogP) is 3.20. The van der Waals surface area contributed by atoms with E-state index >= 15 is 0 Å². The number of pyridine rings is 1. The van der Waals surface area contributed by atoms with E-state index in [4.69, 9.17) is 5.73 Å². The number of nitrogen functional groups attached to an aromatic ring is 1. The Morgan fingerprint density at radius 2 is 1.73 bits per heavy atom. The molecule has 0 bridgehead atoms. The average molecular weight is 291 g/mol. The quantitative estimate of drug-likeness (QED) is 0.779. The lowest BCUT2D eigenvalue weighted by atomic mass is 10.1. The zero-order valence-electron chi connectivity index (χ0n) is 12.3. The van der Waals surface area contributed by atoms with Crippen LogP contribution in [0.1, 0.15) is 5.56 Å². The lowest BCUT2D eigenvalue weighted by molar-refractivity contribution is 0.961. The molecule has 0 saturated carbocycles. The van der Waals surface area contributed by atoms with Gasteiger partial charge >= 0.3 is 0 Å². The van der Waals surface area contributed by atoms with Crippen LogP contribution in [0.5, 0.6) is 0 Å². The Morgan fingerprint density at radius 3 is 2.45 bits per heavy atom. The SMILES string of the molecule is C=C(Nc1ccccc1)c1c(N)n(C)c2ccccc2c1=O. The van der Waals surface area contributed by atoms with Gasteiger partial charge in [-0.2, -0.15) is 0 Å². The molecular formula is C18H17N3O. The first-order valence-electron chi connectivity index (χ1n) is 6.98. The van der Waals surface area contributed by atoms with Crippen LogP contribution >= 0.6 is 0 Å². The molecule has 3 rings (SSSR count). The van der Waals surface area contributed by atoms with Gasteiger partial charge in [0.15, 0.2) is 0 Å². The second-order valence-corrected chi connectivity index (χ2v) is 5.14. The normalized spacial score (nSPS) is 10.6. The second kappa shape index (κ2) is 5.41. The number of hydrogen-bond acceptors (Lipinski definition) is 3. The summed E-state index contributed by atoms with van der Waals surface area (Å²) in [7, 11) is 1.84. The molecule has 4 nitrogen and oxygen atoms in total. The first-order valence-corrected chi connectivity index (χ1v) is 6.98. The molecule has 2 aromatic carbocycles. The molecule has 110 valence electrons. The Hall–Kier alpha value is -3.01. The van der Waals surface area contributed by atoms with Crippen molar-refractivity contribution in [2.24, 2.45) is 7.05 Å². The van der Waals surface area contributed by atoms with Crippen LogP contribution < -0.4 is 16.5 Å². The third-order valence-electron chi connectivity index (χ3n) is 3.73. The first kappa shape index (κ1) is 13.9.